The van der Waals surface area contributed by atoms with Crippen molar-refractivity contribution in [3.63, 3.8) is 0 Å². The smallest absolute Gasteiger partial charge is 0.410 e. The lowest BCUT2D eigenvalue weighted by molar-refractivity contribution is 0.0187. The standard InChI is InChI=1S/C14H28N2O3/c1-14(2,3)19-13(18)16-9-6-7-12(11-16)15-8-4-5-10-17/h12,15,17H,4-11H2,1-3H3. The predicted molar refractivity (Wildman–Crippen MR) is 75.2 cm³/mol. The maximum atomic E-state index is 12.0. The van der Waals surface area contributed by atoms with Gasteiger partial charge in [-0.1, -0.05) is 0 Å². The summed E-state index contributed by atoms with van der Waals surface area (Å²) in [5.74, 6) is 0. The van der Waals surface area contributed by atoms with Crippen LogP contribution < -0.4 is 5.32 Å². The topological polar surface area (TPSA) is 61.8 Å². The molecule has 0 spiro atoms. The number of aliphatic hydroxyl groups is 1. The van der Waals surface area contributed by atoms with Gasteiger partial charge in [-0.15, -0.1) is 0 Å². The Morgan fingerprint density at radius 1 is 1.42 bits per heavy atom. The van der Waals surface area contributed by atoms with Crippen LogP contribution in [-0.4, -0.2) is 54.0 Å². The Bertz CT molecular complexity index is 276. The van der Waals surface area contributed by atoms with Gasteiger partial charge in [-0.25, -0.2) is 4.79 Å². The molecule has 1 saturated heterocycles. The molecule has 0 aromatic rings. The second kappa shape index (κ2) is 7.70. The fourth-order valence-electron chi connectivity index (χ4n) is 2.18. The number of nitrogens with zero attached hydrogens (tertiary/aromatic N) is 1. The molecular formula is C14H28N2O3. The summed E-state index contributed by atoms with van der Waals surface area (Å²) >= 11 is 0. The van der Waals surface area contributed by atoms with Crippen molar-refractivity contribution >= 4 is 6.09 Å². The van der Waals surface area contributed by atoms with Gasteiger partial charge in [-0.2, -0.15) is 0 Å². The van der Waals surface area contributed by atoms with Crippen LogP contribution in [0.4, 0.5) is 4.79 Å². The molecule has 0 bridgehead atoms. The number of ether oxygens (including phenoxy) is 1. The van der Waals surface area contributed by atoms with Crippen LogP contribution in [0.3, 0.4) is 0 Å². The number of carbonyl (C=O) groups excluding carboxylic acids is 1. The summed E-state index contributed by atoms with van der Waals surface area (Å²) in [7, 11) is 0. The minimum Gasteiger partial charge on any atom is -0.444 e. The van der Waals surface area contributed by atoms with Crippen molar-refractivity contribution in [1.82, 2.24) is 10.2 Å². The van der Waals surface area contributed by atoms with E-state index < -0.39 is 5.60 Å². The number of nitrogens with one attached hydrogen (secondary N) is 1. The summed E-state index contributed by atoms with van der Waals surface area (Å²) in [5.41, 5.74) is -0.432. The largest absolute Gasteiger partial charge is 0.444 e. The molecule has 0 aromatic carbocycles. The molecule has 1 aliphatic heterocycles. The number of unbranched alkanes of at least 4 members (excludes halogenated alkanes) is 1. The van der Waals surface area contributed by atoms with Crippen molar-refractivity contribution in [2.75, 3.05) is 26.2 Å². The zero-order chi connectivity index (χ0) is 14.3. The van der Waals surface area contributed by atoms with E-state index in [1.54, 1.807) is 4.90 Å². The minimum absolute atomic E-state index is 0.214. The molecule has 1 amide bonds. The summed E-state index contributed by atoms with van der Waals surface area (Å²) in [6, 6.07) is 0.347. The second-order valence-corrected chi connectivity index (χ2v) is 6.15. The quantitative estimate of drug-likeness (QED) is 0.749. The molecule has 1 aliphatic rings. The van der Waals surface area contributed by atoms with Gasteiger partial charge in [0.2, 0.25) is 0 Å². The molecule has 1 fully saturated rings. The van der Waals surface area contributed by atoms with Gasteiger partial charge in [0.15, 0.2) is 0 Å². The van der Waals surface area contributed by atoms with Crippen molar-refractivity contribution in [2.45, 2.75) is 58.1 Å². The first kappa shape index (κ1) is 16.2. The molecule has 1 unspecified atom stereocenters. The monoisotopic (exact) mass is 272 g/mol. The SMILES string of the molecule is CC(C)(C)OC(=O)N1CCCC(NCCCCO)C1. The van der Waals surface area contributed by atoms with Gasteiger partial charge in [0.05, 0.1) is 0 Å². The van der Waals surface area contributed by atoms with E-state index in [0.29, 0.717) is 12.6 Å². The summed E-state index contributed by atoms with van der Waals surface area (Å²) in [4.78, 5) is 13.8. The van der Waals surface area contributed by atoms with Crippen molar-refractivity contribution in [3.05, 3.63) is 0 Å². The fourth-order valence-corrected chi connectivity index (χ4v) is 2.18. The van der Waals surface area contributed by atoms with E-state index in [-0.39, 0.29) is 12.7 Å². The van der Waals surface area contributed by atoms with Gasteiger partial charge in [-0.3, -0.25) is 0 Å². The Kier molecular flexibility index (Phi) is 6.58. The van der Waals surface area contributed by atoms with Crippen molar-refractivity contribution in [2.24, 2.45) is 0 Å². The molecule has 1 rings (SSSR count). The first-order valence-electron chi connectivity index (χ1n) is 7.24. The second-order valence-electron chi connectivity index (χ2n) is 6.15. The average molecular weight is 272 g/mol. The van der Waals surface area contributed by atoms with Crippen LogP contribution >= 0.6 is 0 Å². The summed E-state index contributed by atoms with van der Waals surface area (Å²) < 4.78 is 5.39. The van der Waals surface area contributed by atoms with Crippen LogP contribution in [0.2, 0.25) is 0 Å². The van der Waals surface area contributed by atoms with E-state index in [2.05, 4.69) is 5.32 Å². The first-order chi connectivity index (χ1) is 8.92. The third-order valence-corrected chi connectivity index (χ3v) is 3.09. The molecule has 0 aliphatic carbocycles. The predicted octanol–water partition coefficient (Wildman–Crippen LogP) is 1.75. The van der Waals surface area contributed by atoms with Crippen molar-refractivity contribution in [3.8, 4) is 0 Å². The third kappa shape index (κ3) is 6.78. The molecule has 0 saturated carbocycles. The zero-order valence-corrected chi connectivity index (χ0v) is 12.4. The number of amides is 1. The molecule has 1 atom stereocenters. The highest BCUT2D eigenvalue weighted by Crippen LogP contribution is 2.15. The molecule has 2 N–H and O–H groups in total. The van der Waals surface area contributed by atoms with Crippen LogP contribution in [-0.2, 0) is 4.74 Å². The lowest BCUT2D eigenvalue weighted by atomic mass is 10.1. The number of hydrogen-bond donors (Lipinski definition) is 2. The van der Waals surface area contributed by atoms with Crippen LogP contribution in [0, 0.1) is 0 Å². The third-order valence-electron chi connectivity index (χ3n) is 3.09. The normalized spacial score (nSPS) is 20.4. The molecule has 112 valence electrons. The highest BCUT2D eigenvalue weighted by atomic mass is 16.6. The van der Waals surface area contributed by atoms with Gasteiger partial charge in [0.25, 0.3) is 0 Å². The van der Waals surface area contributed by atoms with E-state index >= 15 is 0 Å². The van der Waals surface area contributed by atoms with Gasteiger partial charge < -0.3 is 20.1 Å². The maximum absolute atomic E-state index is 12.0. The van der Waals surface area contributed by atoms with Gasteiger partial charge >= 0.3 is 6.09 Å². The number of carbonyl (C=O) groups is 1. The first-order valence-corrected chi connectivity index (χ1v) is 7.24. The number of likely N-dealkylation sites (tertiary alicyclic amines) is 1. The Morgan fingerprint density at radius 3 is 2.79 bits per heavy atom. The lowest BCUT2D eigenvalue weighted by Gasteiger charge is -2.34. The Labute approximate surface area is 116 Å². The van der Waals surface area contributed by atoms with Crippen LogP contribution in [0.25, 0.3) is 0 Å². The van der Waals surface area contributed by atoms with Crippen molar-refractivity contribution in [1.29, 1.82) is 0 Å². The van der Waals surface area contributed by atoms with E-state index in [0.717, 1.165) is 38.8 Å². The van der Waals surface area contributed by atoms with E-state index in [1.165, 1.54) is 0 Å². The highest BCUT2D eigenvalue weighted by Gasteiger charge is 2.27. The number of piperidine rings is 1. The Morgan fingerprint density at radius 2 is 2.16 bits per heavy atom. The number of hydrogen-bond acceptors (Lipinski definition) is 4. The fraction of sp³-hybridized carbons (Fsp3) is 0.929. The summed E-state index contributed by atoms with van der Waals surface area (Å²) in [6.07, 6.45) is 3.69. The van der Waals surface area contributed by atoms with E-state index in [4.69, 9.17) is 9.84 Å². The van der Waals surface area contributed by atoms with Gasteiger partial charge in [0, 0.05) is 25.7 Å². The maximum Gasteiger partial charge on any atom is 0.410 e. The average Bonchev–Trinajstić information content (AvgIpc) is 2.33. The van der Waals surface area contributed by atoms with Crippen LogP contribution in [0.15, 0.2) is 0 Å². The minimum atomic E-state index is -0.432. The Hall–Kier alpha value is -0.810. The zero-order valence-electron chi connectivity index (χ0n) is 12.4. The summed E-state index contributed by atoms with van der Waals surface area (Å²) in [5, 5.41) is 12.2. The lowest BCUT2D eigenvalue weighted by Crippen LogP contribution is -2.49. The van der Waals surface area contributed by atoms with Crippen molar-refractivity contribution < 1.29 is 14.6 Å². The number of rotatable bonds is 5. The molecular weight excluding hydrogens is 244 g/mol. The van der Waals surface area contributed by atoms with E-state index in [9.17, 15) is 4.79 Å². The van der Waals surface area contributed by atoms with Gasteiger partial charge in [0.1, 0.15) is 5.60 Å². The molecule has 5 nitrogen and oxygen atoms in total. The summed E-state index contributed by atoms with van der Waals surface area (Å²) in [6.45, 7) is 8.31. The molecule has 0 aromatic heterocycles. The molecule has 0 radical (unpaired) electrons. The molecule has 19 heavy (non-hydrogen) atoms. The van der Waals surface area contributed by atoms with E-state index in [1.807, 2.05) is 20.8 Å². The van der Waals surface area contributed by atoms with Crippen LogP contribution in [0.1, 0.15) is 46.5 Å². The highest BCUT2D eigenvalue weighted by molar-refractivity contribution is 5.68. The molecule has 1 heterocycles. The number of aliphatic hydroxyl groups excluding tert-OH is 1. The molecule has 5 heteroatoms. The Balaban J connectivity index is 2.31. The van der Waals surface area contributed by atoms with Gasteiger partial charge in [-0.05, 0) is 53.0 Å². The van der Waals surface area contributed by atoms with Crippen LogP contribution in [0.5, 0.6) is 0 Å².